The maximum atomic E-state index is 5.48. The number of benzene rings is 1. The molecule has 2 aromatic rings. The fourth-order valence-corrected chi connectivity index (χ4v) is 2.46. The van der Waals surface area contributed by atoms with Gasteiger partial charge in [-0.2, -0.15) is 0 Å². The summed E-state index contributed by atoms with van der Waals surface area (Å²) in [6.07, 6.45) is 2.41. The first-order chi connectivity index (χ1) is 8.34. The lowest BCUT2D eigenvalue weighted by Crippen LogP contribution is -2.16. The summed E-state index contributed by atoms with van der Waals surface area (Å²) in [6.45, 7) is 1.14. The minimum atomic E-state index is 0.403. The lowest BCUT2D eigenvalue weighted by Gasteiger charge is -2.15. The normalized spacial score (nSPS) is 20.9. The molecule has 0 bridgehead atoms. The summed E-state index contributed by atoms with van der Waals surface area (Å²) >= 11 is 0. The summed E-state index contributed by atoms with van der Waals surface area (Å²) in [5, 5.41) is 4.16. The molecule has 17 heavy (non-hydrogen) atoms. The molecule has 2 heterocycles. The van der Waals surface area contributed by atoms with Crippen LogP contribution in [0.4, 0.5) is 0 Å². The van der Waals surface area contributed by atoms with Crippen LogP contribution in [-0.4, -0.2) is 23.6 Å². The Hall–Kier alpha value is -1.61. The van der Waals surface area contributed by atoms with Gasteiger partial charge in [0.05, 0.1) is 6.04 Å². The van der Waals surface area contributed by atoms with Crippen LogP contribution >= 0.6 is 0 Å². The van der Waals surface area contributed by atoms with Crippen LogP contribution in [0.1, 0.15) is 24.6 Å². The summed E-state index contributed by atoms with van der Waals surface area (Å²) in [7, 11) is 2.14. The van der Waals surface area contributed by atoms with Crippen molar-refractivity contribution < 1.29 is 4.52 Å². The van der Waals surface area contributed by atoms with E-state index in [-0.39, 0.29) is 0 Å². The van der Waals surface area contributed by atoms with Crippen molar-refractivity contribution in [2.75, 3.05) is 13.6 Å². The van der Waals surface area contributed by atoms with E-state index in [1.807, 2.05) is 18.2 Å². The third-order valence-electron chi connectivity index (χ3n) is 3.45. The van der Waals surface area contributed by atoms with Crippen LogP contribution in [0.15, 0.2) is 40.9 Å². The Morgan fingerprint density at radius 1 is 1.29 bits per heavy atom. The molecule has 1 aromatic carbocycles. The van der Waals surface area contributed by atoms with Gasteiger partial charge in [0.1, 0.15) is 5.69 Å². The Kier molecular flexibility index (Phi) is 2.69. The zero-order valence-corrected chi connectivity index (χ0v) is 9.97. The molecule has 0 radical (unpaired) electrons. The molecule has 0 spiro atoms. The first kappa shape index (κ1) is 10.5. The minimum Gasteiger partial charge on any atom is -0.359 e. The number of nitrogens with zero attached hydrogens (tertiary/aromatic N) is 2. The number of likely N-dealkylation sites (tertiary alicyclic amines) is 1. The second-order valence-electron chi connectivity index (χ2n) is 4.62. The average molecular weight is 228 g/mol. The monoisotopic (exact) mass is 228 g/mol. The van der Waals surface area contributed by atoms with Gasteiger partial charge in [0.15, 0.2) is 5.76 Å². The minimum absolute atomic E-state index is 0.403. The van der Waals surface area contributed by atoms with Crippen LogP contribution < -0.4 is 0 Å². The van der Waals surface area contributed by atoms with E-state index in [0.717, 1.165) is 23.6 Å². The van der Waals surface area contributed by atoms with Gasteiger partial charge in [0.2, 0.25) is 0 Å². The van der Waals surface area contributed by atoms with Crippen LogP contribution in [0, 0.1) is 0 Å². The molecule has 3 rings (SSSR count). The third kappa shape index (κ3) is 1.98. The number of hydrogen-bond donors (Lipinski definition) is 0. The highest BCUT2D eigenvalue weighted by Crippen LogP contribution is 2.32. The lowest BCUT2D eigenvalue weighted by molar-refractivity contribution is 0.252. The topological polar surface area (TPSA) is 29.3 Å². The molecule has 0 unspecified atom stereocenters. The fraction of sp³-hybridized carbons (Fsp3) is 0.357. The van der Waals surface area contributed by atoms with Gasteiger partial charge < -0.3 is 4.52 Å². The Labute approximate surface area is 101 Å². The van der Waals surface area contributed by atoms with Crippen molar-refractivity contribution in [3.8, 4) is 11.3 Å². The van der Waals surface area contributed by atoms with Gasteiger partial charge in [-0.15, -0.1) is 0 Å². The Balaban J connectivity index is 1.88. The molecule has 0 aliphatic carbocycles. The Morgan fingerprint density at radius 3 is 2.82 bits per heavy atom. The summed E-state index contributed by atoms with van der Waals surface area (Å²) in [5.74, 6) is 0.990. The van der Waals surface area contributed by atoms with Gasteiger partial charge >= 0.3 is 0 Å². The molecule has 0 N–H and O–H groups in total. The van der Waals surface area contributed by atoms with Crippen molar-refractivity contribution in [3.05, 3.63) is 42.2 Å². The zero-order valence-electron chi connectivity index (χ0n) is 9.97. The molecule has 1 fully saturated rings. The summed E-state index contributed by atoms with van der Waals surface area (Å²) in [6, 6.07) is 12.6. The molecule has 1 aliphatic heterocycles. The zero-order chi connectivity index (χ0) is 11.7. The Morgan fingerprint density at radius 2 is 2.12 bits per heavy atom. The van der Waals surface area contributed by atoms with E-state index in [1.54, 1.807) is 0 Å². The number of hydrogen-bond acceptors (Lipinski definition) is 3. The first-order valence-electron chi connectivity index (χ1n) is 6.07. The van der Waals surface area contributed by atoms with Crippen LogP contribution in [0.3, 0.4) is 0 Å². The second kappa shape index (κ2) is 4.34. The molecule has 1 atom stereocenters. The van der Waals surface area contributed by atoms with Crippen molar-refractivity contribution in [2.24, 2.45) is 0 Å². The molecule has 0 saturated carbocycles. The van der Waals surface area contributed by atoms with E-state index in [1.165, 1.54) is 12.8 Å². The highest BCUT2D eigenvalue weighted by molar-refractivity contribution is 5.58. The van der Waals surface area contributed by atoms with E-state index >= 15 is 0 Å². The quantitative estimate of drug-likeness (QED) is 0.791. The van der Waals surface area contributed by atoms with Crippen molar-refractivity contribution >= 4 is 0 Å². The van der Waals surface area contributed by atoms with Crippen molar-refractivity contribution in [2.45, 2.75) is 18.9 Å². The standard InChI is InChI=1S/C14H16N2O/c1-16-9-5-8-13(16)14-10-12(15-17-14)11-6-3-2-4-7-11/h2-4,6-7,10,13H,5,8-9H2,1H3/t13-/m1/s1. The van der Waals surface area contributed by atoms with E-state index in [4.69, 9.17) is 4.52 Å². The highest BCUT2D eigenvalue weighted by Gasteiger charge is 2.26. The second-order valence-corrected chi connectivity index (χ2v) is 4.62. The van der Waals surface area contributed by atoms with Crippen molar-refractivity contribution in [1.82, 2.24) is 10.1 Å². The third-order valence-corrected chi connectivity index (χ3v) is 3.45. The highest BCUT2D eigenvalue weighted by atomic mass is 16.5. The largest absolute Gasteiger partial charge is 0.359 e. The van der Waals surface area contributed by atoms with Crippen LogP contribution in [0.5, 0.6) is 0 Å². The molecule has 3 heteroatoms. The molecule has 1 aromatic heterocycles. The van der Waals surface area contributed by atoms with E-state index in [0.29, 0.717) is 6.04 Å². The van der Waals surface area contributed by atoms with E-state index in [2.05, 4.69) is 35.3 Å². The van der Waals surface area contributed by atoms with Crippen molar-refractivity contribution in [1.29, 1.82) is 0 Å². The SMILES string of the molecule is CN1CCC[C@@H]1c1cc(-c2ccccc2)no1. The van der Waals surface area contributed by atoms with Crippen LogP contribution in [0.25, 0.3) is 11.3 Å². The smallest absolute Gasteiger partial charge is 0.154 e. The van der Waals surface area contributed by atoms with Crippen molar-refractivity contribution in [3.63, 3.8) is 0 Å². The van der Waals surface area contributed by atoms with Gasteiger partial charge in [-0.1, -0.05) is 35.5 Å². The van der Waals surface area contributed by atoms with Gasteiger partial charge in [-0.05, 0) is 26.4 Å². The van der Waals surface area contributed by atoms with Gasteiger partial charge in [-0.3, -0.25) is 4.90 Å². The van der Waals surface area contributed by atoms with E-state index in [9.17, 15) is 0 Å². The predicted octanol–water partition coefficient (Wildman–Crippen LogP) is 3.11. The molecule has 88 valence electrons. The maximum absolute atomic E-state index is 5.48. The van der Waals surface area contributed by atoms with E-state index < -0.39 is 0 Å². The lowest BCUT2D eigenvalue weighted by atomic mass is 10.1. The number of rotatable bonds is 2. The van der Waals surface area contributed by atoms with Gasteiger partial charge in [-0.25, -0.2) is 0 Å². The summed E-state index contributed by atoms with van der Waals surface area (Å²) in [4.78, 5) is 2.33. The summed E-state index contributed by atoms with van der Waals surface area (Å²) < 4.78 is 5.48. The maximum Gasteiger partial charge on any atom is 0.154 e. The molecular formula is C14H16N2O. The molecule has 1 aliphatic rings. The number of aromatic nitrogens is 1. The first-order valence-corrected chi connectivity index (χ1v) is 6.07. The van der Waals surface area contributed by atoms with Gasteiger partial charge in [0.25, 0.3) is 0 Å². The predicted molar refractivity (Wildman–Crippen MR) is 66.5 cm³/mol. The molecule has 3 nitrogen and oxygen atoms in total. The molecule has 0 amide bonds. The van der Waals surface area contributed by atoms with Gasteiger partial charge in [0, 0.05) is 11.6 Å². The average Bonchev–Trinajstić information content (AvgIpc) is 2.98. The Bertz CT molecular complexity index is 492. The van der Waals surface area contributed by atoms with Crippen LogP contribution in [-0.2, 0) is 0 Å². The summed E-state index contributed by atoms with van der Waals surface area (Å²) in [5.41, 5.74) is 2.05. The van der Waals surface area contributed by atoms with Crippen LogP contribution in [0.2, 0.25) is 0 Å². The molecule has 1 saturated heterocycles. The molecular weight excluding hydrogens is 212 g/mol. The fourth-order valence-electron chi connectivity index (χ4n) is 2.46.